The number of carboxylic acid groups (broad SMARTS) is 1. The van der Waals surface area contributed by atoms with Crippen LogP contribution in [0.4, 0.5) is 0 Å². The van der Waals surface area contributed by atoms with Crippen LogP contribution in [0, 0.1) is 0 Å². The molecule has 0 aliphatic carbocycles. The molecule has 10 heteroatoms. The Bertz CT molecular complexity index is 2080. The first-order valence-electron chi connectivity index (χ1n) is 21.0. The molecule has 1 N–H and O–H groups in total. The lowest BCUT2D eigenvalue weighted by Gasteiger charge is -2.49. The van der Waals surface area contributed by atoms with Gasteiger partial charge in [0.15, 0.2) is 40.5 Å². The highest BCUT2D eigenvalue weighted by Gasteiger charge is 2.48. The number of aliphatic carboxylic acids is 1. The van der Waals surface area contributed by atoms with Crippen molar-refractivity contribution in [3.05, 3.63) is 94.0 Å². The average Bonchev–Trinajstić information content (AvgIpc) is 3.22. The Balaban J connectivity index is 1.42. The predicted octanol–water partition coefficient (Wildman–Crippen LogP) is 9.88. The molecule has 0 fully saturated rings. The Morgan fingerprint density at radius 2 is 1.48 bits per heavy atom. The van der Waals surface area contributed by atoms with Crippen molar-refractivity contribution in [3.63, 3.8) is 0 Å². The highest BCUT2D eigenvalue weighted by Crippen LogP contribution is 2.52. The Hall–Kier alpha value is -4.93. The molecule has 4 unspecified atom stereocenters. The summed E-state index contributed by atoms with van der Waals surface area (Å²) >= 11 is 0. The van der Waals surface area contributed by atoms with E-state index in [1.165, 1.54) is 19.3 Å². The number of likely N-dealkylation sites (N-methyl/N-ethyl adjacent to an activating group) is 2. The highest BCUT2D eigenvalue weighted by atomic mass is 16.5. The number of rotatable bonds is 13. The standard InChI is InChI=1S/C48H60N2O8/c1-8-9-10-11-12-13-14-38(48(51)52)50(3)24-22-33-28-41(54-5)43-30-36(33)39(50)26-31-15-18-35(19-16-31)57-42-27-32(17-20-40(42)53-4)25-37-45-34(21-23-49(37)2)29-44(55-6)46(56-7)47(45)58-43/h15-20,27-30,37-39H,8-14,21-26H2,1-7H3/p+1. The van der Waals surface area contributed by atoms with Crippen LogP contribution in [0.1, 0.15) is 97.3 Å². The third-order valence-electron chi connectivity index (χ3n) is 13.0. The van der Waals surface area contributed by atoms with E-state index in [-0.39, 0.29) is 12.1 Å². The van der Waals surface area contributed by atoms with Gasteiger partial charge in [-0.1, -0.05) is 57.2 Å². The van der Waals surface area contributed by atoms with Crippen LogP contribution in [-0.4, -0.2) is 82.1 Å². The van der Waals surface area contributed by atoms with Crippen LogP contribution in [0.25, 0.3) is 0 Å². The summed E-state index contributed by atoms with van der Waals surface area (Å²) in [7, 11) is 10.9. The molecule has 4 aliphatic heterocycles. The van der Waals surface area contributed by atoms with Gasteiger partial charge < -0.3 is 38.0 Å². The van der Waals surface area contributed by atoms with Gasteiger partial charge in [-0.15, -0.1) is 0 Å². The number of benzene rings is 4. The Morgan fingerprint density at radius 1 is 0.793 bits per heavy atom. The van der Waals surface area contributed by atoms with E-state index in [0.29, 0.717) is 76.3 Å². The van der Waals surface area contributed by atoms with Crippen LogP contribution in [0.5, 0.6) is 46.0 Å². The molecular weight excluding hydrogens is 733 g/mol. The molecule has 0 aromatic heterocycles. The molecule has 0 saturated carbocycles. The maximum absolute atomic E-state index is 13.4. The van der Waals surface area contributed by atoms with Gasteiger partial charge >= 0.3 is 5.97 Å². The molecule has 0 spiro atoms. The maximum atomic E-state index is 13.4. The zero-order valence-corrected chi connectivity index (χ0v) is 35.4. The lowest BCUT2D eigenvalue weighted by molar-refractivity contribution is -0.956. The summed E-state index contributed by atoms with van der Waals surface area (Å²) in [5.74, 6) is 4.11. The Kier molecular flexibility index (Phi) is 12.7. The summed E-state index contributed by atoms with van der Waals surface area (Å²) in [6.07, 6.45) is 10.1. The molecule has 0 radical (unpaired) electrons. The second-order valence-electron chi connectivity index (χ2n) is 16.5. The van der Waals surface area contributed by atoms with Crippen molar-refractivity contribution in [1.29, 1.82) is 0 Å². The summed E-state index contributed by atoms with van der Waals surface area (Å²) in [6.45, 7) is 3.76. The van der Waals surface area contributed by atoms with E-state index < -0.39 is 12.0 Å². The van der Waals surface area contributed by atoms with Crippen molar-refractivity contribution in [3.8, 4) is 46.0 Å². The molecule has 4 aromatic carbocycles. The number of carbonyl (C=O) groups is 1. The molecule has 0 amide bonds. The van der Waals surface area contributed by atoms with E-state index in [9.17, 15) is 9.90 Å². The fraction of sp³-hybridized carbons (Fsp3) is 0.479. The summed E-state index contributed by atoms with van der Waals surface area (Å²) in [6, 6.07) is 19.8. The number of hydrogen-bond donors (Lipinski definition) is 1. The van der Waals surface area contributed by atoms with Crippen LogP contribution in [0.15, 0.2) is 60.7 Å². The SMILES string of the molecule is CCCCCCCCC(C(=O)O)[N+]1(C)CCc2cc(OC)c3cc2C1Cc1ccc(cc1)Oc1cc(ccc1OC)CC1c2c(cc(OC)c(OC)c2O3)CCN1C. The Morgan fingerprint density at radius 3 is 2.19 bits per heavy atom. The fourth-order valence-corrected chi connectivity index (χ4v) is 9.63. The van der Waals surface area contributed by atoms with Gasteiger partial charge in [0.05, 0.1) is 42.0 Å². The first-order chi connectivity index (χ1) is 28.1. The zero-order valence-electron chi connectivity index (χ0n) is 35.4. The van der Waals surface area contributed by atoms with Gasteiger partial charge in [-0.05, 0) is 91.0 Å². The number of nitrogens with zero attached hydrogens (tertiary/aromatic N) is 2. The van der Waals surface area contributed by atoms with Crippen molar-refractivity contribution < 1.29 is 42.8 Å². The van der Waals surface area contributed by atoms with Crippen molar-refractivity contribution in [2.75, 3.05) is 55.6 Å². The molecule has 4 heterocycles. The van der Waals surface area contributed by atoms with Gasteiger partial charge in [-0.25, -0.2) is 4.79 Å². The molecule has 4 aliphatic rings. The molecule has 4 atom stereocenters. The first kappa shape index (κ1) is 41.2. The largest absolute Gasteiger partial charge is 0.493 e. The molecule has 10 nitrogen and oxygen atoms in total. The number of quaternary nitrogens is 1. The third kappa shape index (κ3) is 8.18. The second kappa shape index (κ2) is 17.9. The number of ether oxygens (including phenoxy) is 6. The van der Waals surface area contributed by atoms with Crippen LogP contribution < -0.4 is 28.4 Å². The van der Waals surface area contributed by atoms with Crippen molar-refractivity contribution in [2.45, 2.75) is 95.7 Å². The first-order valence-corrected chi connectivity index (χ1v) is 21.0. The fourth-order valence-electron chi connectivity index (χ4n) is 9.63. The van der Waals surface area contributed by atoms with E-state index in [1.54, 1.807) is 28.4 Å². The molecule has 4 aromatic rings. The quantitative estimate of drug-likeness (QED) is 0.105. The summed E-state index contributed by atoms with van der Waals surface area (Å²) in [4.78, 5) is 15.7. The number of unbranched alkanes of at least 4 members (excludes halogenated alkanes) is 5. The molecule has 6 bridgehead atoms. The number of fused-ring (bicyclic) bond motifs is 2. The molecule has 8 rings (SSSR count). The minimum atomic E-state index is -0.744. The number of hydrogen-bond acceptors (Lipinski definition) is 8. The minimum Gasteiger partial charge on any atom is -0.493 e. The maximum Gasteiger partial charge on any atom is 0.362 e. The van der Waals surface area contributed by atoms with Crippen LogP contribution in [0.2, 0.25) is 0 Å². The lowest BCUT2D eigenvalue weighted by Crippen LogP contribution is -2.60. The van der Waals surface area contributed by atoms with Crippen LogP contribution >= 0.6 is 0 Å². The van der Waals surface area contributed by atoms with E-state index in [4.69, 9.17) is 28.4 Å². The minimum absolute atomic E-state index is 0.0763. The topological polar surface area (TPSA) is 95.9 Å². The summed E-state index contributed by atoms with van der Waals surface area (Å²) < 4.78 is 38.1. The lowest BCUT2D eigenvalue weighted by atomic mass is 9.84. The van der Waals surface area contributed by atoms with E-state index in [0.717, 1.165) is 72.0 Å². The normalized spacial score (nSPS) is 20.4. The van der Waals surface area contributed by atoms with Gasteiger partial charge in [-0.2, -0.15) is 0 Å². The monoisotopic (exact) mass is 793 g/mol. The zero-order chi connectivity index (χ0) is 41.0. The third-order valence-corrected chi connectivity index (χ3v) is 13.0. The van der Waals surface area contributed by atoms with E-state index in [2.05, 4.69) is 68.4 Å². The number of methoxy groups -OCH3 is 4. The van der Waals surface area contributed by atoms with Gasteiger partial charge in [0.1, 0.15) is 11.8 Å². The molecule has 310 valence electrons. The van der Waals surface area contributed by atoms with Gasteiger partial charge in [0.2, 0.25) is 5.75 Å². The van der Waals surface area contributed by atoms with E-state index in [1.807, 2.05) is 18.2 Å². The molecule has 58 heavy (non-hydrogen) atoms. The summed E-state index contributed by atoms with van der Waals surface area (Å²) in [5, 5.41) is 11.0. The summed E-state index contributed by atoms with van der Waals surface area (Å²) in [5.41, 5.74) is 6.55. The second-order valence-corrected chi connectivity index (χ2v) is 16.5. The highest BCUT2D eigenvalue weighted by molar-refractivity contribution is 5.72. The smallest absolute Gasteiger partial charge is 0.362 e. The van der Waals surface area contributed by atoms with Crippen LogP contribution in [-0.2, 0) is 30.5 Å². The van der Waals surface area contributed by atoms with Crippen LogP contribution in [0.3, 0.4) is 0 Å². The van der Waals surface area contributed by atoms with Crippen molar-refractivity contribution in [1.82, 2.24) is 4.90 Å². The van der Waals surface area contributed by atoms with Gasteiger partial charge in [0.25, 0.3) is 0 Å². The van der Waals surface area contributed by atoms with Crippen molar-refractivity contribution in [2.24, 2.45) is 0 Å². The molecular formula is C48H61N2O8+. The van der Waals surface area contributed by atoms with Crippen molar-refractivity contribution >= 4 is 5.97 Å². The predicted molar refractivity (Wildman–Crippen MR) is 226 cm³/mol. The van der Waals surface area contributed by atoms with E-state index >= 15 is 0 Å². The molecule has 0 saturated heterocycles. The van der Waals surface area contributed by atoms with Gasteiger partial charge in [-0.3, -0.25) is 4.90 Å². The van der Waals surface area contributed by atoms with Gasteiger partial charge in [0, 0.05) is 43.0 Å². The Labute approximate surface area is 344 Å². The average molecular weight is 794 g/mol. The number of carboxylic acids is 1.